The minimum Gasteiger partial charge on any atom is -0.497 e. The number of nitrogens with one attached hydrogen (secondary N) is 2. The summed E-state index contributed by atoms with van der Waals surface area (Å²) in [7, 11) is 1.67. The fourth-order valence-electron chi connectivity index (χ4n) is 3.36. The molecule has 30 heavy (non-hydrogen) atoms. The van der Waals surface area contributed by atoms with Crippen LogP contribution in [0.25, 0.3) is 0 Å². The molecule has 0 unspecified atom stereocenters. The molecule has 0 saturated carbocycles. The highest BCUT2D eigenvalue weighted by molar-refractivity contribution is 5.89. The SMILES string of the molecule is COc1cc(C)cc(OCCCCc2ccc(NC(=O)N3CCNCC3)cc2)c1.Cl. The third kappa shape index (κ3) is 7.43. The Morgan fingerprint density at radius 2 is 1.77 bits per heavy atom. The first-order chi connectivity index (χ1) is 14.1. The van der Waals surface area contributed by atoms with Crippen molar-refractivity contribution >= 4 is 24.1 Å². The van der Waals surface area contributed by atoms with Gasteiger partial charge in [0, 0.05) is 37.9 Å². The van der Waals surface area contributed by atoms with Crippen molar-refractivity contribution in [2.45, 2.75) is 26.2 Å². The molecule has 2 aromatic carbocycles. The molecule has 0 atom stereocenters. The van der Waals surface area contributed by atoms with Gasteiger partial charge in [-0.2, -0.15) is 0 Å². The molecule has 1 fully saturated rings. The lowest BCUT2D eigenvalue weighted by Gasteiger charge is -2.27. The molecule has 0 aliphatic carbocycles. The van der Waals surface area contributed by atoms with Gasteiger partial charge in [0.25, 0.3) is 0 Å². The number of nitrogens with zero attached hydrogens (tertiary/aromatic N) is 1. The van der Waals surface area contributed by atoms with Crippen molar-refractivity contribution in [2.24, 2.45) is 0 Å². The van der Waals surface area contributed by atoms with Gasteiger partial charge in [-0.05, 0) is 61.6 Å². The van der Waals surface area contributed by atoms with E-state index in [-0.39, 0.29) is 18.4 Å². The van der Waals surface area contributed by atoms with Crippen molar-refractivity contribution in [3.05, 3.63) is 53.6 Å². The first-order valence-electron chi connectivity index (χ1n) is 10.3. The lowest BCUT2D eigenvalue weighted by molar-refractivity contribution is 0.204. The van der Waals surface area contributed by atoms with Gasteiger partial charge in [-0.1, -0.05) is 12.1 Å². The maximum Gasteiger partial charge on any atom is 0.321 e. The molecular formula is C23H32ClN3O3. The first kappa shape index (κ1) is 23.8. The molecule has 0 aromatic heterocycles. The van der Waals surface area contributed by atoms with Gasteiger partial charge in [-0.3, -0.25) is 0 Å². The molecule has 164 valence electrons. The summed E-state index contributed by atoms with van der Waals surface area (Å²) in [6.45, 7) is 5.93. The summed E-state index contributed by atoms with van der Waals surface area (Å²) >= 11 is 0. The number of halogens is 1. The number of amides is 2. The zero-order chi connectivity index (χ0) is 20.5. The third-order valence-corrected chi connectivity index (χ3v) is 5.00. The fraction of sp³-hybridized carbons (Fsp3) is 0.435. The molecule has 6 nitrogen and oxygen atoms in total. The number of benzene rings is 2. The highest BCUT2D eigenvalue weighted by atomic mass is 35.5. The Labute approximate surface area is 185 Å². The van der Waals surface area contributed by atoms with E-state index in [9.17, 15) is 4.79 Å². The van der Waals surface area contributed by atoms with E-state index in [0.29, 0.717) is 6.61 Å². The van der Waals surface area contributed by atoms with Crippen molar-refractivity contribution in [3.8, 4) is 11.5 Å². The van der Waals surface area contributed by atoms with Crippen LogP contribution in [0.1, 0.15) is 24.0 Å². The number of carbonyl (C=O) groups is 1. The Hall–Kier alpha value is -2.44. The van der Waals surface area contributed by atoms with Gasteiger partial charge in [-0.25, -0.2) is 4.79 Å². The number of hydrogen-bond donors (Lipinski definition) is 2. The number of anilines is 1. The lowest BCUT2D eigenvalue weighted by Crippen LogP contribution is -2.48. The maximum atomic E-state index is 12.2. The molecule has 2 aromatic rings. The molecular weight excluding hydrogens is 402 g/mol. The third-order valence-electron chi connectivity index (χ3n) is 5.00. The highest BCUT2D eigenvalue weighted by Crippen LogP contribution is 2.22. The molecule has 0 spiro atoms. The molecule has 3 rings (SSSR count). The average Bonchev–Trinajstić information content (AvgIpc) is 2.75. The molecule has 1 aliphatic heterocycles. The summed E-state index contributed by atoms with van der Waals surface area (Å²) in [4.78, 5) is 14.1. The van der Waals surface area contributed by atoms with E-state index in [4.69, 9.17) is 9.47 Å². The van der Waals surface area contributed by atoms with Crippen LogP contribution in [-0.2, 0) is 6.42 Å². The monoisotopic (exact) mass is 433 g/mol. The quantitative estimate of drug-likeness (QED) is 0.610. The van der Waals surface area contributed by atoms with E-state index < -0.39 is 0 Å². The van der Waals surface area contributed by atoms with Gasteiger partial charge in [0.15, 0.2) is 0 Å². The Bertz CT molecular complexity index is 793. The van der Waals surface area contributed by atoms with E-state index in [2.05, 4.69) is 22.8 Å². The average molecular weight is 434 g/mol. The van der Waals surface area contributed by atoms with Gasteiger partial charge in [-0.15, -0.1) is 12.4 Å². The summed E-state index contributed by atoms with van der Waals surface area (Å²) in [5.41, 5.74) is 3.24. The molecule has 1 heterocycles. The van der Waals surface area contributed by atoms with Crippen LogP contribution in [0.4, 0.5) is 10.5 Å². The van der Waals surface area contributed by atoms with E-state index in [0.717, 1.165) is 68.2 Å². The fourth-order valence-corrected chi connectivity index (χ4v) is 3.36. The maximum absolute atomic E-state index is 12.2. The van der Waals surface area contributed by atoms with Crippen LogP contribution in [0, 0.1) is 6.92 Å². The zero-order valence-electron chi connectivity index (χ0n) is 17.8. The van der Waals surface area contributed by atoms with Gasteiger partial charge in [0.05, 0.1) is 13.7 Å². The first-order valence-corrected chi connectivity index (χ1v) is 10.3. The van der Waals surface area contributed by atoms with Gasteiger partial charge < -0.3 is 25.0 Å². The molecule has 0 bridgehead atoms. The molecule has 7 heteroatoms. The number of urea groups is 1. The summed E-state index contributed by atoms with van der Waals surface area (Å²) < 4.78 is 11.1. The zero-order valence-corrected chi connectivity index (χ0v) is 18.6. The standard InChI is InChI=1S/C23H31N3O3.ClH/c1-18-15-21(28-2)17-22(16-18)29-14-4-3-5-19-6-8-20(9-7-19)25-23(27)26-12-10-24-11-13-26;/h6-9,15-17,24H,3-5,10-14H2,1-2H3,(H,25,27);1H. The van der Waals surface area contributed by atoms with Crippen LogP contribution >= 0.6 is 12.4 Å². The van der Waals surface area contributed by atoms with Crippen LogP contribution < -0.4 is 20.1 Å². The number of unbranched alkanes of at least 4 members (excludes halogenated alkanes) is 1. The van der Waals surface area contributed by atoms with E-state index in [1.165, 1.54) is 5.56 Å². The van der Waals surface area contributed by atoms with Gasteiger partial charge >= 0.3 is 6.03 Å². The minimum atomic E-state index is -0.0239. The largest absolute Gasteiger partial charge is 0.497 e. The highest BCUT2D eigenvalue weighted by Gasteiger charge is 2.15. The number of carbonyl (C=O) groups excluding carboxylic acids is 1. The Kier molecular flexibility index (Phi) is 9.77. The second-order valence-corrected chi connectivity index (χ2v) is 7.36. The summed E-state index contributed by atoms with van der Waals surface area (Å²) in [5.74, 6) is 1.68. The smallest absolute Gasteiger partial charge is 0.321 e. The Morgan fingerprint density at radius 1 is 1.07 bits per heavy atom. The van der Waals surface area contributed by atoms with Crippen molar-refractivity contribution in [1.82, 2.24) is 10.2 Å². The molecule has 2 N–H and O–H groups in total. The van der Waals surface area contributed by atoms with Gasteiger partial charge in [0.2, 0.25) is 0 Å². The predicted octanol–water partition coefficient (Wildman–Crippen LogP) is 4.26. The Balaban J connectivity index is 0.00000320. The minimum absolute atomic E-state index is 0. The molecule has 2 amide bonds. The van der Waals surface area contributed by atoms with Crippen LogP contribution in [0.3, 0.4) is 0 Å². The Morgan fingerprint density at radius 3 is 2.47 bits per heavy atom. The van der Waals surface area contributed by atoms with Crippen LogP contribution in [-0.4, -0.2) is 50.8 Å². The van der Waals surface area contributed by atoms with Crippen LogP contribution in [0.2, 0.25) is 0 Å². The predicted molar refractivity (Wildman–Crippen MR) is 123 cm³/mol. The second-order valence-electron chi connectivity index (χ2n) is 7.36. The second kappa shape index (κ2) is 12.3. The molecule has 1 saturated heterocycles. The number of piperazine rings is 1. The molecule has 1 aliphatic rings. The summed E-state index contributed by atoms with van der Waals surface area (Å²) in [6, 6.07) is 14.0. The number of methoxy groups -OCH3 is 1. The number of ether oxygens (including phenoxy) is 2. The van der Waals surface area contributed by atoms with Crippen molar-refractivity contribution in [3.63, 3.8) is 0 Å². The topological polar surface area (TPSA) is 62.8 Å². The van der Waals surface area contributed by atoms with Crippen LogP contribution in [0.5, 0.6) is 11.5 Å². The van der Waals surface area contributed by atoms with Gasteiger partial charge in [0.1, 0.15) is 11.5 Å². The lowest BCUT2D eigenvalue weighted by atomic mass is 10.1. The number of hydrogen-bond acceptors (Lipinski definition) is 4. The normalized spacial score (nSPS) is 13.3. The van der Waals surface area contributed by atoms with E-state index in [1.54, 1.807) is 7.11 Å². The van der Waals surface area contributed by atoms with Crippen molar-refractivity contribution in [2.75, 3.05) is 45.2 Å². The van der Waals surface area contributed by atoms with Crippen LogP contribution in [0.15, 0.2) is 42.5 Å². The number of rotatable bonds is 8. The van der Waals surface area contributed by atoms with E-state index >= 15 is 0 Å². The molecule has 0 radical (unpaired) electrons. The summed E-state index contributed by atoms with van der Waals surface area (Å²) in [6.07, 6.45) is 3.03. The van der Waals surface area contributed by atoms with E-state index in [1.807, 2.05) is 42.2 Å². The van der Waals surface area contributed by atoms with Crippen molar-refractivity contribution in [1.29, 1.82) is 0 Å². The van der Waals surface area contributed by atoms with Crippen molar-refractivity contribution < 1.29 is 14.3 Å². The summed E-state index contributed by atoms with van der Waals surface area (Å²) in [5, 5.41) is 6.23. The number of aryl methyl sites for hydroxylation is 2.